The number of para-hydroxylation sites is 1. The maximum Gasteiger partial charge on any atom is 0.328 e. The molecule has 28 heavy (non-hydrogen) atoms. The molecule has 2 N–H and O–H groups in total. The molecule has 9 heteroatoms. The molecule has 1 amide bonds. The number of carbonyl (C=O) groups excluding carboxylic acids is 1. The molecule has 4 rings (SSSR count). The maximum atomic E-state index is 12.8. The molecular formula is C19H19N3O6. The van der Waals surface area contributed by atoms with Crippen molar-refractivity contribution in [3.63, 3.8) is 0 Å². The van der Waals surface area contributed by atoms with E-state index < -0.39 is 28.6 Å². The first-order valence-corrected chi connectivity index (χ1v) is 8.85. The minimum absolute atomic E-state index is 0.00272. The van der Waals surface area contributed by atoms with Gasteiger partial charge in [0.2, 0.25) is 5.91 Å². The van der Waals surface area contributed by atoms with Crippen molar-refractivity contribution >= 4 is 11.9 Å². The van der Waals surface area contributed by atoms with Crippen molar-refractivity contribution in [3.8, 4) is 5.75 Å². The molecular weight excluding hydrogens is 366 g/mol. The van der Waals surface area contributed by atoms with Crippen molar-refractivity contribution in [3.05, 3.63) is 62.4 Å². The molecule has 9 nitrogen and oxygen atoms in total. The van der Waals surface area contributed by atoms with E-state index >= 15 is 0 Å². The van der Waals surface area contributed by atoms with Crippen LogP contribution >= 0.6 is 0 Å². The van der Waals surface area contributed by atoms with Gasteiger partial charge in [-0.2, -0.15) is 0 Å². The van der Waals surface area contributed by atoms with Gasteiger partial charge in [-0.1, -0.05) is 18.2 Å². The second-order valence-corrected chi connectivity index (χ2v) is 7.31. The maximum absolute atomic E-state index is 12.8. The summed E-state index contributed by atoms with van der Waals surface area (Å²) >= 11 is 0. The van der Waals surface area contributed by atoms with E-state index in [1.165, 1.54) is 18.0 Å². The van der Waals surface area contributed by atoms with Gasteiger partial charge in [-0.15, -0.1) is 0 Å². The first-order valence-electron chi connectivity index (χ1n) is 8.85. The normalized spacial score (nSPS) is 22.9. The Hall–Kier alpha value is -3.36. The lowest BCUT2D eigenvalue weighted by atomic mass is 9.73. The highest BCUT2D eigenvalue weighted by Gasteiger charge is 2.57. The Labute approximate surface area is 159 Å². The number of likely N-dealkylation sites (tertiary alicyclic amines) is 1. The number of aromatic nitrogens is 2. The molecule has 0 bridgehead atoms. The van der Waals surface area contributed by atoms with Crippen LogP contribution in [-0.2, 0) is 16.1 Å². The second-order valence-electron chi connectivity index (χ2n) is 7.31. The van der Waals surface area contributed by atoms with Crippen molar-refractivity contribution in [2.75, 3.05) is 19.7 Å². The number of hydrogen-bond acceptors (Lipinski definition) is 5. The molecule has 2 aliphatic rings. The predicted octanol–water partition coefficient (Wildman–Crippen LogP) is -0.0656. The quantitative estimate of drug-likeness (QED) is 0.763. The number of nitrogens with zero attached hydrogens (tertiary/aromatic N) is 2. The molecule has 1 fully saturated rings. The summed E-state index contributed by atoms with van der Waals surface area (Å²) in [4.78, 5) is 52.0. The topological polar surface area (TPSA) is 122 Å². The minimum atomic E-state index is -1.23. The van der Waals surface area contributed by atoms with Gasteiger partial charge in [0, 0.05) is 36.3 Å². The van der Waals surface area contributed by atoms with E-state index in [0.29, 0.717) is 11.3 Å². The fraction of sp³-hybridized carbons (Fsp3) is 0.368. The lowest BCUT2D eigenvalue weighted by Crippen LogP contribution is -2.46. The Kier molecular flexibility index (Phi) is 4.10. The number of carboxylic acids is 1. The zero-order valence-corrected chi connectivity index (χ0v) is 15.2. The number of rotatable bonds is 3. The average Bonchev–Trinajstić information content (AvgIpc) is 3.08. The van der Waals surface area contributed by atoms with Crippen LogP contribution in [0.5, 0.6) is 5.75 Å². The number of benzene rings is 1. The van der Waals surface area contributed by atoms with Crippen LogP contribution in [0.25, 0.3) is 0 Å². The van der Waals surface area contributed by atoms with Gasteiger partial charge >= 0.3 is 11.7 Å². The van der Waals surface area contributed by atoms with Crippen LogP contribution in [0.15, 0.2) is 40.1 Å². The van der Waals surface area contributed by atoms with Crippen LogP contribution in [0.2, 0.25) is 0 Å². The zero-order chi connectivity index (χ0) is 20.1. The van der Waals surface area contributed by atoms with E-state index in [0.717, 1.165) is 10.1 Å². The smallest absolute Gasteiger partial charge is 0.328 e. The molecule has 3 heterocycles. The molecule has 0 aliphatic carbocycles. The first-order chi connectivity index (χ1) is 13.3. The Morgan fingerprint density at radius 1 is 1.32 bits per heavy atom. The molecule has 0 saturated carbocycles. The SMILES string of the molecule is Cc1cn(CC(=O)N2C[C@H]3c4ccccc4OC[C@@]3(C(=O)O)C2)c(=O)[nH]c1=O. The third-order valence-electron chi connectivity index (χ3n) is 5.60. The number of aromatic amines is 1. The molecule has 0 radical (unpaired) electrons. The molecule has 0 unspecified atom stereocenters. The largest absolute Gasteiger partial charge is 0.492 e. The highest BCUT2D eigenvalue weighted by molar-refractivity contribution is 5.82. The first kappa shape index (κ1) is 18.0. The molecule has 1 saturated heterocycles. The number of ether oxygens (including phenoxy) is 1. The summed E-state index contributed by atoms with van der Waals surface area (Å²) in [6, 6.07) is 7.23. The Balaban J connectivity index is 1.64. The van der Waals surface area contributed by atoms with E-state index in [-0.39, 0.29) is 32.1 Å². The second kappa shape index (κ2) is 6.36. The van der Waals surface area contributed by atoms with Crippen LogP contribution in [0, 0.1) is 12.3 Å². The number of hydrogen-bond donors (Lipinski definition) is 2. The fourth-order valence-electron chi connectivity index (χ4n) is 4.01. The number of carbonyl (C=O) groups is 2. The van der Waals surface area contributed by atoms with Gasteiger partial charge in [-0.3, -0.25) is 23.9 Å². The van der Waals surface area contributed by atoms with E-state index in [9.17, 15) is 24.3 Å². The van der Waals surface area contributed by atoms with Gasteiger partial charge in [0.05, 0.1) is 0 Å². The number of aryl methyl sites for hydroxylation is 1. The monoisotopic (exact) mass is 385 g/mol. The zero-order valence-electron chi connectivity index (χ0n) is 15.2. The lowest BCUT2D eigenvalue weighted by molar-refractivity contribution is -0.152. The molecule has 146 valence electrons. The van der Waals surface area contributed by atoms with Gasteiger partial charge in [-0.05, 0) is 13.0 Å². The summed E-state index contributed by atoms with van der Waals surface area (Å²) in [5, 5.41) is 9.91. The van der Waals surface area contributed by atoms with Crippen LogP contribution in [0.3, 0.4) is 0 Å². The standard InChI is InChI=1S/C19H19N3O6/c1-11-6-21(18(27)20-16(11)24)8-15(23)22-7-13-12-4-2-3-5-14(12)28-10-19(13,9-22)17(25)26/h2-6,13H,7-10H2,1H3,(H,25,26)(H,20,24,27)/t13-,19-/m0/s1. The van der Waals surface area contributed by atoms with Crippen molar-refractivity contribution < 1.29 is 19.4 Å². The van der Waals surface area contributed by atoms with Gasteiger partial charge in [-0.25, -0.2) is 4.79 Å². The van der Waals surface area contributed by atoms with Gasteiger partial charge in [0.15, 0.2) is 0 Å². The molecule has 1 aromatic heterocycles. The predicted molar refractivity (Wildman–Crippen MR) is 97.4 cm³/mol. The van der Waals surface area contributed by atoms with Crippen LogP contribution in [0.1, 0.15) is 17.0 Å². The van der Waals surface area contributed by atoms with Crippen molar-refractivity contribution in [1.82, 2.24) is 14.5 Å². The number of carboxylic acid groups (broad SMARTS) is 1. The van der Waals surface area contributed by atoms with Crippen LogP contribution in [-0.4, -0.2) is 51.1 Å². The number of nitrogens with one attached hydrogen (secondary N) is 1. The highest BCUT2D eigenvalue weighted by atomic mass is 16.5. The summed E-state index contributed by atoms with van der Waals surface area (Å²) in [6.45, 7) is 1.46. The summed E-state index contributed by atoms with van der Waals surface area (Å²) in [5.74, 6) is -1.17. The van der Waals surface area contributed by atoms with E-state index in [2.05, 4.69) is 4.98 Å². The highest BCUT2D eigenvalue weighted by Crippen LogP contribution is 2.49. The van der Waals surface area contributed by atoms with Crippen molar-refractivity contribution in [2.45, 2.75) is 19.4 Å². The fourth-order valence-corrected chi connectivity index (χ4v) is 4.01. The molecule has 1 aromatic carbocycles. The van der Waals surface area contributed by atoms with E-state index in [1.54, 1.807) is 6.07 Å². The molecule has 0 spiro atoms. The molecule has 2 aromatic rings. The lowest BCUT2D eigenvalue weighted by Gasteiger charge is -2.35. The molecule has 2 aliphatic heterocycles. The summed E-state index contributed by atoms with van der Waals surface area (Å²) in [6.07, 6.45) is 1.33. The van der Waals surface area contributed by atoms with Gasteiger partial charge in [0.1, 0.15) is 24.3 Å². The number of aliphatic carboxylic acids is 1. The van der Waals surface area contributed by atoms with Gasteiger partial charge < -0.3 is 14.7 Å². The average molecular weight is 385 g/mol. The molecule has 2 atom stereocenters. The third-order valence-corrected chi connectivity index (χ3v) is 5.60. The summed E-state index contributed by atoms with van der Waals surface area (Å²) < 4.78 is 6.81. The number of amides is 1. The Morgan fingerprint density at radius 2 is 2.07 bits per heavy atom. The van der Waals surface area contributed by atoms with E-state index in [1.807, 2.05) is 18.2 Å². The van der Waals surface area contributed by atoms with E-state index in [4.69, 9.17) is 4.74 Å². The Bertz CT molecular complexity index is 1090. The summed E-state index contributed by atoms with van der Waals surface area (Å²) in [7, 11) is 0. The minimum Gasteiger partial charge on any atom is -0.492 e. The van der Waals surface area contributed by atoms with Gasteiger partial charge in [0.25, 0.3) is 5.56 Å². The third kappa shape index (κ3) is 2.70. The summed E-state index contributed by atoms with van der Waals surface area (Å²) in [5.41, 5.74) is -1.33. The van der Waals surface area contributed by atoms with Crippen molar-refractivity contribution in [1.29, 1.82) is 0 Å². The van der Waals surface area contributed by atoms with Crippen LogP contribution in [0.4, 0.5) is 0 Å². The van der Waals surface area contributed by atoms with Crippen LogP contribution < -0.4 is 16.0 Å². The number of H-pyrrole nitrogens is 1. The Morgan fingerprint density at radius 3 is 2.82 bits per heavy atom. The van der Waals surface area contributed by atoms with Crippen molar-refractivity contribution in [2.24, 2.45) is 5.41 Å². The number of fused-ring (bicyclic) bond motifs is 3.